The maximum atomic E-state index is 13.3. The van der Waals surface area contributed by atoms with Crippen LogP contribution in [0.5, 0.6) is 0 Å². The van der Waals surface area contributed by atoms with Crippen molar-refractivity contribution in [1.29, 1.82) is 0 Å². The third-order valence-electron chi connectivity index (χ3n) is 3.68. The minimum absolute atomic E-state index is 0.0447. The van der Waals surface area contributed by atoms with Crippen LogP contribution in [0.2, 0.25) is 0 Å². The van der Waals surface area contributed by atoms with Gasteiger partial charge in [0.05, 0.1) is 10.4 Å². The number of hydrogen-bond acceptors (Lipinski definition) is 2. The van der Waals surface area contributed by atoms with Crippen LogP contribution in [0.1, 0.15) is 29.6 Å². The molecule has 1 fully saturated rings. The van der Waals surface area contributed by atoms with Gasteiger partial charge in [0.15, 0.2) is 0 Å². The van der Waals surface area contributed by atoms with E-state index in [1.807, 2.05) is 0 Å². The predicted octanol–water partition coefficient (Wildman–Crippen LogP) is 2.82. The van der Waals surface area contributed by atoms with Gasteiger partial charge in [-0.2, -0.15) is 0 Å². The monoisotopic (exact) mass is 343 g/mol. The fraction of sp³-hybridized carbons (Fsp3) is 0.429. The summed E-state index contributed by atoms with van der Waals surface area (Å²) in [7, 11) is 0. The van der Waals surface area contributed by atoms with E-state index < -0.39 is 17.7 Å². The van der Waals surface area contributed by atoms with Gasteiger partial charge in [0, 0.05) is 12.1 Å². The van der Waals surface area contributed by atoms with Crippen LogP contribution >= 0.6 is 15.9 Å². The number of carbonyl (C=O) groups excluding carboxylic acids is 1. The molecule has 20 heavy (non-hydrogen) atoms. The molecule has 2 atom stereocenters. The number of aliphatic carboxylic acids is 1. The number of amides is 1. The molecule has 2 rings (SSSR count). The Morgan fingerprint density at radius 1 is 1.40 bits per heavy atom. The lowest BCUT2D eigenvalue weighted by Crippen LogP contribution is -2.33. The Morgan fingerprint density at radius 2 is 2.15 bits per heavy atom. The van der Waals surface area contributed by atoms with E-state index in [9.17, 15) is 14.0 Å². The zero-order valence-electron chi connectivity index (χ0n) is 10.7. The van der Waals surface area contributed by atoms with Gasteiger partial charge in [0.25, 0.3) is 5.91 Å². The number of nitrogens with one attached hydrogen (secondary N) is 1. The number of hydrogen-bond donors (Lipinski definition) is 2. The topological polar surface area (TPSA) is 66.4 Å². The summed E-state index contributed by atoms with van der Waals surface area (Å²) in [6, 6.07) is 4.15. The lowest BCUT2D eigenvalue weighted by atomic mass is 9.96. The van der Waals surface area contributed by atoms with E-state index in [1.165, 1.54) is 12.1 Å². The van der Waals surface area contributed by atoms with E-state index in [0.717, 1.165) is 18.9 Å². The van der Waals surface area contributed by atoms with E-state index >= 15 is 0 Å². The van der Waals surface area contributed by atoms with Crippen molar-refractivity contribution in [3.05, 3.63) is 34.1 Å². The third-order valence-corrected chi connectivity index (χ3v) is 4.33. The molecule has 0 aliphatic heterocycles. The maximum absolute atomic E-state index is 13.3. The summed E-state index contributed by atoms with van der Waals surface area (Å²) in [6.07, 6.45) is 2.32. The summed E-state index contributed by atoms with van der Waals surface area (Å²) < 4.78 is 13.6. The van der Waals surface area contributed by atoms with Crippen molar-refractivity contribution in [2.24, 2.45) is 11.8 Å². The van der Waals surface area contributed by atoms with Crippen molar-refractivity contribution in [2.75, 3.05) is 6.54 Å². The van der Waals surface area contributed by atoms with Crippen LogP contribution in [0.15, 0.2) is 22.7 Å². The molecule has 0 aromatic heterocycles. The minimum Gasteiger partial charge on any atom is -0.481 e. The highest BCUT2D eigenvalue weighted by Crippen LogP contribution is 2.31. The molecular formula is C14H15BrFNO3. The van der Waals surface area contributed by atoms with Crippen molar-refractivity contribution in [1.82, 2.24) is 5.32 Å². The van der Waals surface area contributed by atoms with Crippen LogP contribution in [-0.4, -0.2) is 23.5 Å². The molecule has 1 aliphatic rings. The molecule has 6 heteroatoms. The average molecular weight is 344 g/mol. The zero-order valence-corrected chi connectivity index (χ0v) is 12.3. The van der Waals surface area contributed by atoms with E-state index in [4.69, 9.17) is 5.11 Å². The van der Waals surface area contributed by atoms with Gasteiger partial charge < -0.3 is 10.4 Å². The summed E-state index contributed by atoms with van der Waals surface area (Å²) in [4.78, 5) is 22.9. The van der Waals surface area contributed by atoms with Crippen LogP contribution in [0.4, 0.5) is 4.39 Å². The lowest BCUT2D eigenvalue weighted by molar-refractivity contribution is -0.142. The van der Waals surface area contributed by atoms with Crippen LogP contribution in [0.3, 0.4) is 0 Å². The van der Waals surface area contributed by atoms with E-state index in [1.54, 1.807) is 0 Å². The summed E-state index contributed by atoms with van der Waals surface area (Å²) in [5.41, 5.74) is 0.232. The maximum Gasteiger partial charge on any atom is 0.306 e. The first-order valence-corrected chi connectivity index (χ1v) is 7.24. The highest BCUT2D eigenvalue weighted by Gasteiger charge is 2.32. The molecule has 0 saturated heterocycles. The molecule has 2 unspecified atom stereocenters. The molecule has 1 saturated carbocycles. The van der Waals surface area contributed by atoms with Crippen molar-refractivity contribution in [3.63, 3.8) is 0 Å². The normalized spacial score (nSPS) is 21.7. The fourth-order valence-corrected chi connectivity index (χ4v) is 2.82. The Bertz CT molecular complexity index is 535. The van der Waals surface area contributed by atoms with Crippen molar-refractivity contribution < 1.29 is 19.1 Å². The van der Waals surface area contributed by atoms with Crippen molar-refractivity contribution >= 4 is 27.8 Å². The van der Waals surface area contributed by atoms with Gasteiger partial charge in [-0.1, -0.05) is 6.42 Å². The zero-order chi connectivity index (χ0) is 14.7. The minimum atomic E-state index is -0.809. The van der Waals surface area contributed by atoms with Crippen LogP contribution in [0.25, 0.3) is 0 Å². The Hall–Kier alpha value is -1.43. The summed E-state index contributed by atoms with van der Waals surface area (Å²) >= 11 is 3.02. The number of halogens is 2. The molecule has 0 spiro atoms. The Labute approximate surface area is 124 Å². The summed E-state index contributed by atoms with van der Waals surface area (Å²) in [5, 5.41) is 11.8. The number of carboxylic acid groups (broad SMARTS) is 1. The molecule has 108 valence electrons. The summed E-state index contributed by atoms with van der Waals surface area (Å²) in [6.45, 7) is 0.313. The Balaban J connectivity index is 1.95. The van der Waals surface area contributed by atoms with Gasteiger partial charge in [0.2, 0.25) is 0 Å². The largest absolute Gasteiger partial charge is 0.481 e. The van der Waals surface area contributed by atoms with Crippen LogP contribution in [-0.2, 0) is 4.79 Å². The standard InChI is InChI=1S/C14H15BrFNO3/c15-11-5-4-8(6-12(11)16)13(18)17-7-9-2-1-3-10(9)14(19)20/h4-6,9-10H,1-3,7H2,(H,17,18)(H,19,20). The average Bonchev–Trinajstić information content (AvgIpc) is 2.87. The molecule has 1 aromatic rings. The van der Waals surface area contributed by atoms with E-state index in [-0.39, 0.29) is 17.4 Å². The number of carboxylic acids is 1. The molecule has 1 aromatic carbocycles. The van der Waals surface area contributed by atoms with Crippen LogP contribution < -0.4 is 5.32 Å². The van der Waals surface area contributed by atoms with Gasteiger partial charge >= 0.3 is 5.97 Å². The Morgan fingerprint density at radius 3 is 2.80 bits per heavy atom. The molecule has 0 heterocycles. The quantitative estimate of drug-likeness (QED) is 0.883. The highest BCUT2D eigenvalue weighted by molar-refractivity contribution is 9.10. The second kappa shape index (κ2) is 6.35. The Kier molecular flexibility index (Phi) is 4.75. The molecule has 1 aliphatic carbocycles. The van der Waals surface area contributed by atoms with Gasteiger partial charge in [-0.15, -0.1) is 0 Å². The highest BCUT2D eigenvalue weighted by atomic mass is 79.9. The second-order valence-corrected chi connectivity index (χ2v) is 5.83. The molecule has 0 radical (unpaired) electrons. The van der Waals surface area contributed by atoms with Gasteiger partial charge in [-0.25, -0.2) is 4.39 Å². The smallest absolute Gasteiger partial charge is 0.306 e. The molecule has 2 N–H and O–H groups in total. The second-order valence-electron chi connectivity index (χ2n) is 4.97. The number of carbonyl (C=O) groups is 2. The first kappa shape index (κ1) is 15.0. The molecule has 0 bridgehead atoms. The molecular weight excluding hydrogens is 329 g/mol. The predicted molar refractivity (Wildman–Crippen MR) is 74.9 cm³/mol. The molecule has 1 amide bonds. The first-order valence-electron chi connectivity index (χ1n) is 6.45. The summed E-state index contributed by atoms with van der Waals surface area (Å²) in [5.74, 6) is -2.13. The lowest BCUT2D eigenvalue weighted by Gasteiger charge is -2.16. The van der Waals surface area contributed by atoms with E-state index in [0.29, 0.717) is 17.4 Å². The van der Waals surface area contributed by atoms with Crippen LogP contribution in [0, 0.1) is 17.7 Å². The fourth-order valence-electron chi connectivity index (χ4n) is 2.57. The SMILES string of the molecule is O=C(NCC1CCCC1C(=O)O)c1ccc(Br)c(F)c1. The van der Waals surface area contributed by atoms with Crippen molar-refractivity contribution in [3.8, 4) is 0 Å². The molecule has 4 nitrogen and oxygen atoms in total. The van der Waals surface area contributed by atoms with E-state index in [2.05, 4.69) is 21.2 Å². The van der Waals surface area contributed by atoms with Gasteiger partial charge in [0.1, 0.15) is 5.82 Å². The first-order chi connectivity index (χ1) is 9.49. The van der Waals surface area contributed by atoms with Crippen molar-refractivity contribution in [2.45, 2.75) is 19.3 Å². The van der Waals surface area contributed by atoms with Gasteiger partial charge in [-0.3, -0.25) is 9.59 Å². The van der Waals surface area contributed by atoms with Gasteiger partial charge in [-0.05, 0) is 52.9 Å². The number of benzene rings is 1. The third kappa shape index (κ3) is 3.36. The number of rotatable bonds is 4.